The van der Waals surface area contributed by atoms with Crippen molar-refractivity contribution in [3.05, 3.63) is 93.5 Å². The van der Waals surface area contributed by atoms with Crippen LogP contribution < -0.4 is 9.62 Å². The van der Waals surface area contributed by atoms with Gasteiger partial charge >= 0.3 is 0 Å². The van der Waals surface area contributed by atoms with Gasteiger partial charge in [-0.1, -0.05) is 77.5 Å². The fourth-order valence-electron chi connectivity index (χ4n) is 4.89. The van der Waals surface area contributed by atoms with Gasteiger partial charge in [-0.2, -0.15) is 0 Å². The van der Waals surface area contributed by atoms with Crippen LogP contribution in [0.25, 0.3) is 0 Å². The zero-order valence-corrected chi connectivity index (χ0v) is 25.8. The standard InChI is InChI=1S/C31H35Cl2N3O4S/c1-21-8-13-26(14-9-21)36(41(39,40)27-15-10-22(2)11-16-27)20-30(37)35(19-24-12-17-28(32)29(33)18-24)23(3)31(38)34-25-6-4-5-7-25/h8-18,23,25H,4-7,19-20H2,1-3H3,(H,34,38)/t23-/m0/s1. The number of hydrogen-bond acceptors (Lipinski definition) is 4. The molecule has 0 aromatic heterocycles. The quantitative estimate of drug-likeness (QED) is 0.291. The van der Waals surface area contributed by atoms with Crippen molar-refractivity contribution in [3.8, 4) is 0 Å². The minimum Gasteiger partial charge on any atom is -0.352 e. The van der Waals surface area contributed by atoms with Crippen LogP contribution in [0.3, 0.4) is 0 Å². The lowest BCUT2D eigenvalue weighted by Crippen LogP contribution is -2.52. The molecule has 0 radical (unpaired) electrons. The molecule has 1 atom stereocenters. The van der Waals surface area contributed by atoms with Gasteiger partial charge in [-0.15, -0.1) is 0 Å². The average Bonchev–Trinajstić information content (AvgIpc) is 3.45. The molecule has 1 aliphatic carbocycles. The Bertz CT molecular complexity index is 1490. The molecule has 2 amide bonds. The topological polar surface area (TPSA) is 86.8 Å². The van der Waals surface area contributed by atoms with Gasteiger partial charge in [-0.05, 0) is 75.6 Å². The molecule has 3 aromatic rings. The SMILES string of the molecule is Cc1ccc(N(CC(=O)N(Cc2ccc(Cl)c(Cl)c2)[C@@H](C)C(=O)NC2CCCC2)S(=O)(=O)c2ccc(C)cc2)cc1. The Kier molecular flexibility index (Phi) is 10.00. The minimum atomic E-state index is -4.12. The molecule has 0 aliphatic heterocycles. The third-order valence-corrected chi connectivity index (χ3v) is 9.94. The second-order valence-corrected chi connectivity index (χ2v) is 13.3. The first-order valence-electron chi connectivity index (χ1n) is 13.7. The molecule has 0 saturated heterocycles. The van der Waals surface area contributed by atoms with Crippen molar-refractivity contribution in [2.24, 2.45) is 0 Å². The Labute approximate surface area is 252 Å². The van der Waals surface area contributed by atoms with Gasteiger partial charge in [0.1, 0.15) is 12.6 Å². The first-order chi connectivity index (χ1) is 19.5. The number of aryl methyl sites for hydroxylation is 2. The van der Waals surface area contributed by atoms with E-state index < -0.39 is 28.5 Å². The number of carbonyl (C=O) groups excluding carboxylic acids is 2. The van der Waals surface area contributed by atoms with Crippen molar-refractivity contribution in [3.63, 3.8) is 0 Å². The normalized spacial score (nSPS) is 14.5. The van der Waals surface area contributed by atoms with Crippen LogP contribution in [0.4, 0.5) is 5.69 Å². The summed E-state index contributed by atoms with van der Waals surface area (Å²) in [5.74, 6) is -0.810. The molecule has 41 heavy (non-hydrogen) atoms. The van der Waals surface area contributed by atoms with E-state index in [0.717, 1.165) is 41.1 Å². The van der Waals surface area contributed by atoms with E-state index in [-0.39, 0.29) is 23.4 Å². The number of nitrogens with one attached hydrogen (secondary N) is 1. The van der Waals surface area contributed by atoms with Gasteiger partial charge in [0.25, 0.3) is 10.0 Å². The van der Waals surface area contributed by atoms with E-state index in [4.69, 9.17) is 23.2 Å². The van der Waals surface area contributed by atoms with Gasteiger partial charge in [-0.3, -0.25) is 13.9 Å². The smallest absolute Gasteiger partial charge is 0.264 e. The van der Waals surface area contributed by atoms with Gasteiger partial charge in [0.2, 0.25) is 11.8 Å². The monoisotopic (exact) mass is 615 g/mol. The van der Waals surface area contributed by atoms with Crippen molar-refractivity contribution in [1.82, 2.24) is 10.2 Å². The maximum absolute atomic E-state index is 14.0. The zero-order chi connectivity index (χ0) is 29.7. The number of amides is 2. The molecule has 0 bridgehead atoms. The molecule has 0 heterocycles. The zero-order valence-electron chi connectivity index (χ0n) is 23.4. The summed E-state index contributed by atoms with van der Waals surface area (Å²) in [7, 11) is -4.12. The Hall–Kier alpha value is -3.07. The highest BCUT2D eigenvalue weighted by Gasteiger charge is 2.33. The molecule has 1 N–H and O–H groups in total. The van der Waals surface area contributed by atoms with Crippen LogP contribution in [-0.2, 0) is 26.2 Å². The second kappa shape index (κ2) is 13.3. The van der Waals surface area contributed by atoms with E-state index >= 15 is 0 Å². The van der Waals surface area contributed by atoms with E-state index in [1.807, 2.05) is 13.8 Å². The number of sulfonamides is 1. The molecule has 218 valence electrons. The summed E-state index contributed by atoms with van der Waals surface area (Å²) in [6.45, 7) is 4.97. The first-order valence-corrected chi connectivity index (χ1v) is 15.8. The van der Waals surface area contributed by atoms with Gasteiger partial charge in [-0.25, -0.2) is 8.42 Å². The molecule has 1 saturated carbocycles. The van der Waals surface area contributed by atoms with E-state index in [2.05, 4.69) is 5.32 Å². The van der Waals surface area contributed by atoms with Gasteiger partial charge in [0, 0.05) is 12.6 Å². The summed E-state index contributed by atoms with van der Waals surface area (Å²) in [4.78, 5) is 28.8. The molecule has 1 aliphatic rings. The third kappa shape index (κ3) is 7.61. The van der Waals surface area contributed by atoms with E-state index in [0.29, 0.717) is 21.3 Å². The summed E-state index contributed by atoms with van der Waals surface area (Å²) in [5.41, 5.74) is 2.88. The van der Waals surface area contributed by atoms with Crippen molar-refractivity contribution >= 4 is 50.7 Å². The molecule has 1 fully saturated rings. The van der Waals surface area contributed by atoms with Crippen molar-refractivity contribution in [2.75, 3.05) is 10.8 Å². The predicted octanol–water partition coefficient (Wildman–Crippen LogP) is 6.28. The summed E-state index contributed by atoms with van der Waals surface area (Å²) in [6, 6.07) is 17.6. The van der Waals surface area contributed by atoms with E-state index in [1.165, 1.54) is 17.0 Å². The minimum absolute atomic E-state index is 0.0429. The summed E-state index contributed by atoms with van der Waals surface area (Å²) in [6.07, 6.45) is 3.89. The average molecular weight is 617 g/mol. The number of rotatable bonds is 10. The molecule has 4 rings (SSSR count). The lowest BCUT2D eigenvalue weighted by Gasteiger charge is -2.32. The highest BCUT2D eigenvalue weighted by Crippen LogP contribution is 2.27. The molecule has 7 nitrogen and oxygen atoms in total. The van der Waals surface area contributed by atoms with Crippen LogP contribution in [0.15, 0.2) is 71.6 Å². The van der Waals surface area contributed by atoms with Crippen LogP contribution in [0.2, 0.25) is 10.0 Å². The molecule has 10 heteroatoms. The fourth-order valence-corrected chi connectivity index (χ4v) is 6.62. The maximum atomic E-state index is 14.0. The Balaban J connectivity index is 1.69. The molecule has 3 aromatic carbocycles. The second-order valence-electron chi connectivity index (χ2n) is 10.6. The number of nitrogens with zero attached hydrogens (tertiary/aromatic N) is 2. The fraction of sp³-hybridized carbons (Fsp3) is 0.355. The van der Waals surface area contributed by atoms with E-state index in [9.17, 15) is 18.0 Å². The number of anilines is 1. The first kappa shape index (κ1) is 30.9. The van der Waals surface area contributed by atoms with E-state index in [1.54, 1.807) is 61.5 Å². The van der Waals surface area contributed by atoms with Gasteiger partial charge < -0.3 is 10.2 Å². The highest BCUT2D eigenvalue weighted by molar-refractivity contribution is 7.92. The summed E-state index contributed by atoms with van der Waals surface area (Å²) in [5, 5.41) is 3.75. The van der Waals surface area contributed by atoms with Crippen LogP contribution in [0.5, 0.6) is 0 Å². The third-order valence-electron chi connectivity index (χ3n) is 7.42. The maximum Gasteiger partial charge on any atom is 0.264 e. The van der Waals surface area contributed by atoms with Crippen LogP contribution in [-0.4, -0.2) is 43.8 Å². The number of halogens is 2. The predicted molar refractivity (Wildman–Crippen MR) is 164 cm³/mol. The Morgan fingerprint density at radius 1 is 0.902 bits per heavy atom. The van der Waals surface area contributed by atoms with Crippen LogP contribution >= 0.6 is 23.2 Å². The van der Waals surface area contributed by atoms with Crippen LogP contribution in [0, 0.1) is 13.8 Å². The number of hydrogen-bond donors (Lipinski definition) is 1. The highest BCUT2D eigenvalue weighted by atomic mass is 35.5. The van der Waals surface area contributed by atoms with Crippen LogP contribution in [0.1, 0.15) is 49.3 Å². The molecule has 0 unspecified atom stereocenters. The molecule has 0 spiro atoms. The Morgan fingerprint density at radius 3 is 2.07 bits per heavy atom. The summed E-state index contributed by atoms with van der Waals surface area (Å²) < 4.78 is 28.9. The van der Waals surface area contributed by atoms with Crippen molar-refractivity contribution < 1.29 is 18.0 Å². The lowest BCUT2D eigenvalue weighted by molar-refractivity contribution is -0.139. The lowest BCUT2D eigenvalue weighted by atomic mass is 10.1. The van der Waals surface area contributed by atoms with Crippen molar-refractivity contribution in [1.29, 1.82) is 0 Å². The van der Waals surface area contributed by atoms with Gasteiger partial charge in [0.05, 0.1) is 20.6 Å². The van der Waals surface area contributed by atoms with Crippen molar-refractivity contribution in [2.45, 2.75) is 70.0 Å². The number of carbonyl (C=O) groups is 2. The summed E-state index contributed by atoms with van der Waals surface area (Å²) >= 11 is 12.3. The Morgan fingerprint density at radius 2 is 1.49 bits per heavy atom. The number of benzene rings is 3. The largest absolute Gasteiger partial charge is 0.352 e. The molecular weight excluding hydrogens is 581 g/mol. The van der Waals surface area contributed by atoms with Gasteiger partial charge in [0.15, 0.2) is 0 Å². The molecular formula is C31H35Cl2N3O4S.